The van der Waals surface area contributed by atoms with Crippen LogP contribution < -0.4 is 5.32 Å². The first-order valence-corrected chi connectivity index (χ1v) is 8.41. The van der Waals surface area contributed by atoms with Crippen molar-refractivity contribution >= 4 is 23.4 Å². The van der Waals surface area contributed by atoms with Crippen molar-refractivity contribution in [1.29, 1.82) is 0 Å². The normalized spacial score (nSPS) is 17.8. The molecule has 2 aromatic rings. The standard InChI is InChI=1S/C18H20ClN3O2/c19-16-10-15(18(23)24)11-21-17(16)20-7-9-22-8-6-14(12-22)13-4-2-1-3-5-13/h1-5,10-11,14H,6-9,12H2,(H,20,21)(H,23,24). The Morgan fingerprint density at radius 1 is 1.38 bits per heavy atom. The monoisotopic (exact) mass is 345 g/mol. The first-order valence-electron chi connectivity index (χ1n) is 8.03. The van der Waals surface area contributed by atoms with Crippen molar-refractivity contribution in [1.82, 2.24) is 9.88 Å². The zero-order valence-electron chi connectivity index (χ0n) is 13.3. The fourth-order valence-corrected chi connectivity index (χ4v) is 3.28. The SMILES string of the molecule is O=C(O)c1cnc(NCCN2CCC(c3ccccc3)C2)c(Cl)c1. The first kappa shape index (κ1) is 16.7. The second kappa shape index (κ2) is 7.64. The molecule has 1 aliphatic rings. The maximum Gasteiger partial charge on any atom is 0.337 e. The smallest absolute Gasteiger partial charge is 0.337 e. The van der Waals surface area contributed by atoms with Gasteiger partial charge in [-0.25, -0.2) is 9.78 Å². The minimum absolute atomic E-state index is 0.0933. The van der Waals surface area contributed by atoms with Crippen LogP contribution in [0.1, 0.15) is 28.3 Å². The average Bonchev–Trinajstić information content (AvgIpc) is 3.06. The highest BCUT2D eigenvalue weighted by Gasteiger charge is 2.23. The number of hydrogen-bond donors (Lipinski definition) is 2. The highest BCUT2D eigenvalue weighted by atomic mass is 35.5. The lowest BCUT2D eigenvalue weighted by atomic mass is 9.99. The molecule has 0 spiro atoms. The summed E-state index contributed by atoms with van der Waals surface area (Å²) in [5, 5.41) is 12.4. The zero-order chi connectivity index (χ0) is 16.9. The van der Waals surface area contributed by atoms with E-state index in [-0.39, 0.29) is 5.56 Å². The summed E-state index contributed by atoms with van der Waals surface area (Å²) in [6, 6.07) is 12.0. The number of nitrogens with zero attached hydrogens (tertiary/aromatic N) is 2. The van der Waals surface area contributed by atoms with Gasteiger partial charge in [0.25, 0.3) is 0 Å². The molecule has 0 amide bonds. The molecule has 1 aliphatic heterocycles. The van der Waals surface area contributed by atoms with Crippen LogP contribution in [0.5, 0.6) is 0 Å². The third-order valence-corrected chi connectivity index (χ3v) is 4.64. The molecule has 6 heteroatoms. The number of carboxylic acid groups (broad SMARTS) is 1. The summed E-state index contributed by atoms with van der Waals surface area (Å²) in [5.41, 5.74) is 1.50. The number of benzene rings is 1. The van der Waals surface area contributed by atoms with Gasteiger partial charge < -0.3 is 15.3 Å². The fraction of sp³-hybridized carbons (Fsp3) is 0.333. The quantitative estimate of drug-likeness (QED) is 0.840. The van der Waals surface area contributed by atoms with Gasteiger partial charge in [-0.05, 0) is 30.5 Å². The molecule has 1 atom stereocenters. The molecule has 2 heterocycles. The summed E-state index contributed by atoms with van der Waals surface area (Å²) in [4.78, 5) is 17.4. The molecular formula is C18H20ClN3O2. The van der Waals surface area contributed by atoms with E-state index >= 15 is 0 Å². The third kappa shape index (κ3) is 4.04. The van der Waals surface area contributed by atoms with Gasteiger partial charge in [0.15, 0.2) is 0 Å². The molecule has 126 valence electrons. The Bertz CT molecular complexity index is 709. The lowest BCUT2D eigenvalue weighted by Crippen LogP contribution is -2.27. The number of pyridine rings is 1. The van der Waals surface area contributed by atoms with Gasteiger partial charge in [-0.15, -0.1) is 0 Å². The molecule has 0 radical (unpaired) electrons. The van der Waals surface area contributed by atoms with Crippen LogP contribution in [-0.4, -0.2) is 47.1 Å². The maximum atomic E-state index is 10.9. The Morgan fingerprint density at radius 2 is 2.17 bits per heavy atom. The Labute approximate surface area is 146 Å². The molecule has 0 bridgehead atoms. The van der Waals surface area contributed by atoms with E-state index in [9.17, 15) is 4.79 Å². The molecule has 0 saturated carbocycles. The Hall–Kier alpha value is -2.11. The van der Waals surface area contributed by atoms with Crippen LogP contribution in [0.4, 0.5) is 5.82 Å². The van der Waals surface area contributed by atoms with Crippen molar-refractivity contribution in [3.05, 3.63) is 58.7 Å². The largest absolute Gasteiger partial charge is 0.478 e. The van der Waals surface area contributed by atoms with Crippen LogP contribution in [0, 0.1) is 0 Å². The summed E-state index contributed by atoms with van der Waals surface area (Å²) < 4.78 is 0. The molecule has 2 N–H and O–H groups in total. The molecular weight excluding hydrogens is 326 g/mol. The van der Waals surface area contributed by atoms with Crippen molar-refractivity contribution in [3.63, 3.8) is 0 Å². The van der Waals surface area contributed by atoms with Crippen molar-refractivity contribution in [3.8, 4) is 0 Å². The number of anilines is 1. The van der Waals surface area contributed by atoms with E-state index < -0.39 is 5.97 Å². The van der Waals surface area contributed by atoms with Gasteiger partial charge in [0.1, 0.15) is 5.82 Å². The summed E-state index contributed by atoms with van der Waals surface area (Å²) in [5.74, 6) is 0.100. The second-order valence-electron chi connectivity index (χ2n) is 5.98. The molecule has 0 aliphatic carbocycles. The lowest BCUT2D eigenvalue weighted by Gasteiger charge is -2.17. The number of rotatable bonds is 6. The topological polar surface area (TPSA) is 65.5 Å². The highest BCUT2D eigenvalue weighted by molar-refractivity contribution is 6.33. The highest BCUT2D eigenvalue weighted by Crippen LogP contribution is 2.26. The van der Waals surface area contributed by atoms with Crippen molar-refractivity contribution < 1.29 is 9.90 Å². The molecule has 5 nitrogen and oxygen atoms in total. The molecule has 1 saturated heterocycles. The second-order valence-corrected chi connectivity index (χ2v) is 6.39. The van der Waals surface area contributed by atoms with Crippen molar-refractivity contribution in [2.75, 3.05) is 31.5 Å². The zero-order valence-corrected chi connectivity index (χ0v) is 14.0. The van der Waals surface area contributed by atoms with E-state index in [1.165, 1.54) is 24.2 Å². The van der Waals surface area contributed by atoms with Gasteiger partial charge in [-0.3, -0.25) is 0 Å². The van der Waals surface area contributed by atoms with Crippen LogP contribution in [-0.2, 0) is 0 Å². The molecule has 3 rings (SSSR count). The predicted octanol–water partition coefficient (Wildman–Crippen LogP) is 3.33. The van der Waals surface area contributed by atoms with Gasteiger partial charge in [-0.2, -0.15) is 0 Å². The number of likely N-dealkylation sites (tertiary alicyclic amines) is 1. The Kier molecular flexibility index (Phi) is 5.33. The number of aromatic carboxylic acids is 1. The summed E-state index contributed by atoms with van der Waals surface area (Å²) >= 11 is 6.07. The number of halogens is 1. The van der Waals surface area contributed by atoms with Gasteiger partial charge in [0.05, 0.1) is 10.6 Å². The van der Waals surface area contributed by atoms with Crippen LogP contribution in [0.3, 0.4) is 0 Å². The Morgan fingerprint density at radius 3 is 2.88 bits per heavy atom. The van der Waals surface area contributed by atoms with Crippen LogP contribution in [0.15, 0.2) is 42.6 Å². The van der Waals surface area contributed by atoms with Crippen LogP contribution in [0.2, 0.25) is 5.02 Å². The minimum Gasteiger partial charge on any atom is -0.478 e. The van der Waals surface area contributed by atoms with Gasteiger partial charge >= 0.3 is 5.97 Å². The maximum absolute atomic E-state index is 10.9. The van der Waals surface area contributed by atoms with Crippen LogP contribution in [0.25, 0.3) is 0 Å². The number of hydrogen-bond acceptors (Lipinski definition) is 4. The first-order chi connectivity index (χ1) is 11.6. The van der Waals surface area contributed by atoms with Crippen molar-refractivity contribution in [2.24, 2.45) is 0 Å². The molecule has 1 aromatic heterocycles. The van der Waals surface area contributed by atoms with E-state index in [0.717, 1.165) is 26.2 Å². The lowest BCUT2D eigenvalue weighted by molar-refractivity contribution is 0.0696. The Balaban J connectivity index is 1.48. The summed E-state index contributed by atoms with van der Waals surface area (Å²) in [6.45, 7) is 3.77. The summed E-state index contributed by atoms with van der Waals surface area (Å²) in [7, 11) is 0. The number of carbonyl (C=O) groups is 1. The third-order valence-electron chi connectivity index (χ3n) is 4.35. The number of aromatic nitrogens is 1. The number of carboxylic acids is 1. The van der Waals surface area contributed by atoms with Crippen molar-refractivity contribution in [2.45, 2.75) is 12.3 Å². The minimum atomic E-state index is -1.03. The summed E-state index contributed by atoms with van der Waals surface area (Å²) in [6.07, 6.45) is 2.49. The van der Waals surface area contributed by atoms with E-state index in [2.05, 4.69) is 39.5 Å². The van der Waals surface area contributed by atoms with Crippen LogP contribution >= 0.6 is 11.6 Å². The molecule has 1 aromatic carbocycles. The van der Waals surface area contributed by atoms with Gasteiger partial charge in [0.2, 0.25) is 0 Å². The molecule has 24 heavy (non-hydrogen) atoms. The predicted molar refractivity (Wildman–Crippen MR) is 94.9 cm³/mol. The van der Waals surface area contributed by atoms with E-state index in [1.807, 2.05) is 6.07 Å². The van der Waals surface area contributed by atoms with Gasteiger partial charge in [0, 0.05) is 25.8 Å². The average molecular weight is 346 g/mol. The van der Waals surface area contributed by atoms with E-state index in [4.69, 9.17) is 16.7 Å². The van der Waals surface area contributed by atoms with E-state index in [0.29, 0.717) is 16.8 Å². The molecule has 1 fully saturated rings. The molecule has 1 unspecified atom stereocenters. The van der Waals surface area contributed by atoms with Gasteiger partial charge in [-0.1, -0.05) is 41.9 Å². The number of nitrogens with one attached hydrogen (secondary N) is 1. The fourth-order valence-electron chi connectivity index (χ4n) is 3.05. The van der Waals surface area contributed by atoms with E-state index in [1.54, 1.807) is 0 Å².